The van der Waals surface area contributed by atoms with Crippen molar-refractivity contribution >= 4 is 41.1 Å². The zero-order valence-electron chi connectivity index (χ0n) is 34.4. The molecule has 60 heavy (non-hydrogen) atoms. The van der Waals surface area contributed by atoms with Crippen LogP contribution >= 0.6 is 11.6 Å². The monoisotopic (exact) mass is 825 g/mol. The van der Waals surface area contributed by atoms with E-state index in [2.05, 4.69) is 61.9 Å². The topological polar surface area (TPSA) is 140 Å². The first-order chi connectivity index (χ1) is 28.6. The van der Waals surface area contributed by atoms with Crippen molar-refractivity contribution in [2.45, 2.75) is 104 Å². The molecule has 2 saturated carbocycles. The van der Waals surface area contributed by atoms with E-state index in [0.717, 1.165) is 77.9 Å². The van der Waals surface area contributed by atoms with Crippen molar-refractivity contribution in [1.82, 2.24) is 20.0 Å². The largest absolute Gasteiger partial charge is 0.489 e. The third-order valence-electron chi connectivity index (χ3n) is 14.0. The maximum atomic E-state index is 13.8. The molecule has 5 amide bonds. The molecule has 308 valence electrons. The number of carbonyl (C=O) groups is 5. The molecule has 1 atom stereocenters. The highest BCUT2D eigenvalue weighted by molar-refractivity contribution is 6.31. The molecule has 11 nitrogen and oxygen atoms in total. The van der Waals surface area contributed by atoms with Gasteiger partial charge in [0, 0.05) is 72.6 Å². The molecule has 2 aliphatic carbocycles. The molecule has 12 heteroatoms. The molecule has 3 aromatic carbocycles. The molecular weight excluding hydrogens is 778 g/mol. The van der Waals surface area contributed by atoms with Crippen molar-refractivity contribution in [3.8, 4) is 23.7 Å². The maximum absolute atomic E-state index is 13.8. The van der Waals surface area contributed by atoms with Gasteiger partial charge in [0.1, 0.15) is 24.0 Å². The molecule has 1 N–H and O–H groups in total. The summed E-state index contributed by atoms with van der Waals surface area (Å²) in [7, 11) is 0. The Morgan fingerprint density at radius 1 is 0.800 bits per heavy atom. The highest BCUT2D eigenvalue weighted by Gasteiger charge is 2.67. The summed E-state index contributed by atoms with van der Waals surface area (Å²) in [6.07, 6.45) is 5.09. The van der Waals surface area contributed by atoms with E-state index in [4.69, 9.17) is 16.3 Å². The Morgan fingerprint density at radius 2 is 1.52 bits per heavy atom. The summed E-state index contributed by atoms with van der Waals surface area (Å²) >= 11 is 6.30. The van der Waals surface area contributed by atoms with E-state index >= 15 is 0 Å². The molecule has 4 aliphatic heterocycles. The number of amides is 5. The van der Waals surface area contributed by atoms with Crippen LogP contribution < -0.4 is 10.1 Å². The lowest BCUT2D eigenvalue weighted by Crippen LogP contribution is -2.74. The fourth-order valence-corrected chi connectivity index (χ4v) is 11.6. The average molecular weight is 826 g/mol. The minimum atomic E-state index is -0.966. The van der Waals surface area contributed by atoms with Gasteiger partial charge in [-0.3, -0.25) is 39.1 Å². The van der Waals surface area contributed by atoms with Gasteiger partial charge < -0.3 is 9.64 Å². The van der Waals surface area contributed by atoms with Crippen LogP contribution in [0, 0.1) is 45.8 Å². The molecule has 0 bridgehead atoms. The zero-order chi connectivity index (χ0) is 42.2. The van der Waals surface area contributed by atoms with Crippen LogP contribution in [0.15, 0.2) is 48.5 Å². The predicted octanol–water partition coefficient (Wildman–Crippen LogP) is 6.67. The Hall–Kier alpha value is -5.49. The lowest BCUT2D eigenvalue weighted by Gasteiger charge is -2.65. The summed E-state index contributed by atoms with van der Waals surface area (Å²) in [4.78, 5) is 70.2. The first-order valence-electron chi connectivity index (χ1n) is 21.1. The molecule has 1 unspecified atom stereocenters. The van der Waals surface area contributed by atoms with E-state index in [0.29, 0.717) is 52.4 Å². The molecule has 3 aromatic rings. The molecule has 0 aromatic heterocycles. The Labute approximate surface area is 355 Å². The van der Waals surface area contributed by atoms with Crippen LogP contribution in [0.4, 0.5) is 0 Å². The second-order valence-corrected chi connectivity index (χ2v) is 19.1. The zero-order valence-corrected chi connectivity index (χ0v) is 35.2. The third kappa shape index (κ3) is 6.76. The Balaban J connectivity index is 0.786. The van der Waals surface area contributed by atoms with E-state index < -0.39 is 23.8 Å². The Bertz CT molecular complexity index is 2470. The molecular formula is C48H48ClN5O6. The van der Waals surface area contributed by atoms with E-state index in [9.17, 15) is 29.2 Å². The highest BCUT2D eigenvalue weighted by Crippen LogP contribution is 2.59. The summed E-state index contributed by atoms with van der Waals surface area (Å²) in [5.41, 5.74) is 5.19. The number of ether oxygens (including phenoxy) is 1. The molecule has 4 heterocycles. The van der Waals surface area contributed by atoms with Crippen molar-refractivity contribution in [2.24, 2.45) is 22.7 Å². The van der Waals surface area contributed by atoms with Crippen molar-refractivity contribution in [2.75, 3.05) is 13.1 Å². The van der Waals surface area contributed by atoms with E-state index in [1.807, 2.05) is 29.2 Å². The Kier molecular flexibility index (Phi) is 9.92. The van der Waals surface area contributed by atoms with Crippen LogP contribution in [-0.2, 0) is 29.1 Å². The summed E-state index contributed by atoms with van der Waals surface area (Å²) in [6.45, 7) is 11.7. The van der Waals surface area contributed by atoms with Gasteiger partial charge in [0.05, 0.1) is 21.7 Å². The summed E-state index contributed by atoms with van der Waals surface area (Å²) in [6, 6.07) is 15.9. The Morgan fingerprint density at radius 3 is 2.20 bits per heavy atom. The quantitative estimate of drug-likeness (QED) is 0.215. The molecule has 6 aliphatic rings. The third-order valence-corrected chi connectivity index (χ3v) is 14.3. The van der Waals surface area contributed by atoms with E-state index in [1.165, 1.54) is 0 Å². The van der Waals surface area contributed by atoms with Gasteiger partial charge in [0.15, 0.2) is 0 Å². The summed E-state index contributed by atoms with van der Waals surface area (Å²) < 4.78 is 6.48. The van der Waals surface area contributed by atoms with E-state index in [1.54, 1.807) is 18.2 Å². The second kappa shape index (κ2) is 14.9. The van der Waals surface area contributed by atoms with Crippen molar-refractivity contribution in [1.29, 1.82) is 5.26 Å². The number of rotatable bonds is 6. The molecule has 9 rings (SSSR count). The lowest BCUT2D eigenvalue weighted by molar-refractivity contribution is -0.199. The predicted molar refractivity (Wildman–Crippen MR) is 223 cm³/mol. The van der Waals surface area contributed by atoms with Crippen molar-refractivity contribution in [3.05, 3.63) is 98.1 Å². The minimum Gasteiger partial charge on any atom is -0.489 e. The fraction of sp³-hybridized carbons (Fsp3) is 0.458. The van der Waals surface area contributed by atoms with Gasteiger partial charge in [-0.2, -0.15) is 5.26 Å². The van der Waals surface area contributed by atoms with Gasteiger partial charge in [0.25, 0.3) is 17.7 Å². The number of nitriles is 1. The number of imide groups is 2. The number of piperidine rings is 1. The maximum Gasteiger partial charge on any atom is 0.262 e. The normalized spacial score (nSPS) is 26.6. The van der Waals surface area contributed by atoms with Crippen LogP contribution in [0.25, 0.3) is 0 Å². The van der Waals surface area contributed by atoms with Gasteiger partial charge in [-0.25, -0.2) is 0 Å². The van der Waals surface area contributed by atoms with Gasteiger partial charge >= 0.3 is 0 Å². The number of hydrogen-bond donors (Lipinski definition) is 1. The minimum absolute atomic E-state index is 0.0370. The van der Waals surface area contributed by atoms with Crippen LogP contribution in [0.5, 0.6) is 5.75 Å². The lowest BCUT2D eigenvalue weighted by atomic mass is 9.49. The number of fused-ring (bicyclic) bond motifs is 3. The first-order valence-corrected chi connectivity index (χ1v) is 21.4. The van der Waals surface area contributed by atoms with Gasteiger partial charge in [-0.05, 0) is 104 Å². The van der Waals surface area contributed by atoms with Crippen LogP contribution in [0.2, 0.25) is 5.02 Å². The smallest absolute Gasteiger partial charge is 0.262 e. The number of carbonyl (C=O) groups excluding carboxylic acids is 5. The highest BCUT2D eigenvalue weighted by atomic mass is 35.5. The van der Waals surface area contributed by atoms with Crippen molar-refractivity contribution in [3.63, 3.8) is 0 Å². The fourth-order valence-electron chi connectivity index (χ4n) is 11.4. The standard InChI is InChI=1S/C48H48ClN5O6/c1-47(2)45(48(3,4)46(47)60-34-13-12-31(23-50)38(49)22-34)53-26-33-19-28(11-14-35(33)42(53)57)8-5-27-6-9-29(10-7-27)24-52-18-17-30-20-36-37(21-32(30)25-52)44(59)54(43(36)58)39-15-16-40(55)51-41(39)56/h11-14,19-22,27,29,39,45-46H,6-7,9-10,15-18,24-26H2,1-4H3,(H,51,55,56). The van der Waals surface area contributed by atoms with E-state index in [-0.39, 0.29) is 47.6 Å². The summed E-state index contributed by atoms with van der Waals surface area (Å²) in [5.74, 6) is 6.59. The van der Waals surface area contributed by atoms with Crippen LogP contribution in [0.1, 0.15) is 125 Å². The molecule has 3 fully saturated rings. The average Bonchev–Trinajstić information content (AvgIpc) is 3.65. The molecule has 0 spiro atoms. The van der Waals surface area contributed by atoms with Gasteiger partial charge in [-0.1, -0.05) is 51.1 Å². The summed E-state index contributed by atoms with van der Waals surface area (Å²) in [5, 5.41) is 11.9. The number of nitrogens with one attached hydrogen (secondary N) is 1. The number of benzene rings is 3. The van der Waals surface area contributed by atoms with Gasteiger partial charge in [-0.15, -0.1) is 0 Å². The van der Waals surface area contributed by atoms with Crippen LogP contribution in [-0.4, -0.2) is 75.5 Å². The first kappa shape index (κ1) is 39.9. The number of halogens is 1. The van der Waals surface area contributed by atoms with Crippen molar-refractivity contribution < 1.29 is 28.7 Å². The number of nitrogens with zero attached hydrogens (tertiary/aromatic N) is 4. The molecule has 0 radical (unpaired) electrons. The number of hydrogen-bond acceptors (Lipinski definition) is 8. The van der Waals surface area contributed by atoms with Gasteiger partial charge in [0.2, 0.25) is 11.8 Å². The SMILES string of the molecule is CC1(C)C(Oc2ccc(C#N)c(Cl)c2)C(C)(C)C1N1Cc2cc(C#CC3CCC(CN4CCc5cc6c(cc5C4)C(=O)N(C4CCC(=O)NC4=O)C6=O)CC3)ccc2C1=O. The second-order valence-electron chi connectivity index (χ2n) is 18.7. The van der Waals surface area contributed by atoms with Crippen LogP contribution in [0.3, 0.4) is 0 Å². The molecule has 1 saturated heterocycles.